The van der Waals surface area contributed by atoms with E-state index in [9.17, 15) is 4.79 Å². The molecule has 0 radical (unpaired) electrons. The maximum Gasteiger partial charge on any atom is 0.261 e. The molecule has 0 aliphatic rings. The summed E-state index contributed by atoms with van der Waals surface area (Å²) in [5.41, 5.74) is 1.62. The minimum atomic E-state index is -0.697. The summed E-state index contributed by atoms with van der Waals surface area (Å²) in [6.45, 7) is 4.43. The van der Waals surface area contributed by atoms with Crippen molar-refractivity contribution in [1.82, 2.24) is 34.7 Å². The summed E-state index contributed by atoms with van der Waals surface area (Å²) in [5, 5.41) is 7.95. The minimum absolute atomic E-state index is 0.0154. The number of H-pyrrole nitrogens is 2. The van der Waals surface area contributed by atoms with Crippen molar-refractivity contribution in [3.8, 4) is 22.9 Å². The third kappa shape index (κ3) is 3.72. The zero-order chi connectivity index (χ0) is 24.7. The largest absolute Gasteiger partial charge is 0.493 e. The van der Waals surface area contributed by atoms with Crippen molar-refractivity contribution in [1.29, 1.82) is 0 Å². The predicted octanol–water partition coefficient (Wildman–Crippen LogP) is 3.41. The number of aromatic nitrogens is 7. The van der Waals surface area contributed by atoms with Gasteiger partial charge in [0.1, 0.15) is 28.2 Å². The summed E-state index contributed by atoms with van der Waals surface area (Å²) < 4.78 is 27.3. The van der Waals surface area contributed by atoms with Gasteiger partial charge in [0.25, 0.3) is 5.56 Å². The van der Waals surface area contributed by atoms with Gasteiger partial charge in [-0.1, -0.05) is 0 Å². The average Bonchev–Trinajstić information content (AvgIpc) is 3.48. The molecule has 0 aliphatic carbocycles. The van der Waals surface area contributed by atoms with Crippen LogP contribution in [0.3, 0.4) is 0 Å². The van der Waals surface area contributed by atoms with E-state index >= 15 is 4.39 Å². The van der Waals surface area contributed by atoms with E-state index in [4.69, 9.17) is 9.47 Å². The number of hydrogen-bond acceptors (Lipinski definition) is 8. The first kappa shape index (κ1) is 22.3. The number of methoxy groups -OCH3 is 2. The van der Waals surface area contributed by atoms with Crippen LogP contribution in [0.5, 0.6) is 11.5 Å². The van der Waals surface area contributed by atoms with Crippen LogP contribution in [-0.4, -0.2) is 48.9 Å². The van der Waals surface area contributed by atoms with E-state index in [-0.39, 0.29) is 34.4 Å². The van der Waals surface area contributed by atoms with E-state index in [1.165, 1.54) is 14.2 Å². The Morgan fingerprint density at radius 3 is 2.60 bits per heavy atom. The number of nitrogens with zero attached hydrogens (tertiary/aromatic N) is 5. The fourth-order valence-corrected chi connectivity index (χ4v) is 3.99. The van der Waals surface area contributed by atoms with Crippen molar-refractivity contribution in [2.24, 2.45) is 0 Å². The summed E-state index contributed by atoms with van der Waals surface area (Å²) in [6.07, 6.45) is 5.04. The lowest BCUT2D eigenvalue weighted by atomic mass is 10.1. The van der Waals surface area contributed by atoms with Gasteiger partial charge in [-0.05, 0) is 19.9 Å². The molecule has 0 amide bonds. The molecular formula is C23H23FN8O3. The first-order chi connectivity index (χ1) is 16.9. The smallest absolute Gasteiger partial charge is 0.261 e. The van der Waals surface area contributed by atoms with Gasteiger partial charge in [-0.3, -0.25) is 9.48 Å². The number of rotatable bonds is 7. The van der Waals surface area contributed by atoms with Crippen LogP contribution in [0.4, 0.5) is 10.1 Å². The van der Waals surface area contributed by atoms with E-state index in [0.717, 1.165) is 0 Å². The number of imidazole rings is 1. The quantitative estimate of drug-likeness (QED) is 0.324. The number of halogens is 1. The summed E-state index contributed by atoms with van der Waals surface area (Å²) in [4.78, 5) is 32.2. The molecule has 3 N–H and O–H groups in total. The second-order valence-electron chi connectivity index (χ2n) is 7.83. The van der Waals surface area contributed by atoms with Crippen LogP contribution in [0.1, 0.15) is 25.7 Å². The lowest BCUT2D eigenvalue weighted by molar-refractivity contribution is 0.339. The maximum absolute atomic E-state index is 15.2. The third-order valence-corrected chi connectivity index (χ3v) is 5.68. The Balaban J connectivity index is 1.75. The highest BCUT2D eigenvalue weighted by atomic mass is 19.1. The van der Waals surface area contributed by atoms with Crippen LogP contribution in [0.2, 0.25) is 0 Å². The molecule has 0 spiro atoms. The number of anilines is 1. The van der Waals surface area contributed by atoms with Gasteiger partial charge in [0, 0.05) is 31.2 Å². The van der Waals surface area contributed by atoms with E-state index in [1.807, 2.05) is 13.8 Å². The van der Waals surface area contributed by atoms with Crippen molar-refractivity contribution in [2.45, 2.75) is 26.4 Å². The first-order valence-corrected chi connectivity index (χ1v) is 10.9. The molecule has 5 rings (SSSR count). The average molecular weight is 478 g/mol. The van der Waals surface area contributed by atoms with Crippen LogP contribution in [0.25, 0.3) is 33.5 Å². The molecule has 0 fully saturated rings. The minimum Gasteiger partial charge on any atom is -0.493 e. The Morgan fingerprint density at radius 1 is 1.14 bits per heavy atom. The van der Waals surface area contributed by atoms with Crippen LogP contribution in [0, 0.1) is 5.82 Å². The fraction of sp³-hybridized carbons (Fsp3) is 0.261. The lowest BCUT2D eigenvalue weighted by Gasteiger charge is -2.16. The van der Waals surface area contributed by atoms with Gasteiger partial charge in [0.05, 0.1) is 37.0 Å². The molecule has 1 unspecified atom stereocenters. The van der Waals surface area contributed by atoms with Gasteiger partial charge >= 0.3 is 0 Å². The van der Waals surface area contributed by atoms with Gasteiger partial charge in [-0.2, -0.15) is 5.10 Å². The van der Waals surface area contributed by atoms with E-state index in [1.54, 1.807) is 35.4 Å². The third-order valence-electron chi connectivity index (χ3n) is 5.68. The second-order valence-corrected chi connectivity index (χ2v) is 7.83. The van der Waals surface area contributed by atoms with Crippen LogP contribution >= 0.6 is 0 Å². The summed E-state index contributed by atoms with van der Waals surface area (Å²) >= 11 is 0. The van der Waals surface area contributed by atoms with Crippen molar-refractivity contribution in [3.63, 3.8) is 0 Å². The second kappa shape index (κ2) is 8.70. The maximum atomic E-state index is 15.2. The van der Waals surface area contributed by atoms with Crippen LogP contribution < -0.4 is 20.3 Å². The molecule has 4 heterocycles. The fourth-order valence-electron chi connectivity index (χ4n) is 3.99. The summed E-state index contributed by atoms with van der Waals surface area (Å²) in [5.74, 6) is 0.126. The number of nitrogens with one attached hydrogen (secondary N) is 3. The molecule has 0 saturated heterocycles. The molecule has 4 aromatic heterocycles. The Morgan fingerprint density at radius 2 is 1.91 bits per heavy atom. The number of pyridine rings is 1. The van der Waals surface area contributed by atoms with E-state index < -0.39 is 11.4 Å². The normalized spacial score (nSPS) is 12.3. The first-order valence-electron chi connectivity index (χ1n) is 10.9. The molecule has 5 aromatic rings. The topological polar surface area (TPSA) is 136 Å². The van der Waals surface area contributed by atoms with Crippen molar-refractivity contribution in [2.75, 3.05) is 19.5 Å². The highest BCUT2D eigenvalue weighted by Gasteiger charge is 2.25. The Hall–Kier alpha value is -4.48. The van der Waals surface area contributed by atoms with Crippen molar-refractivity contribution in [3.05, 3.63) is 52.7 Å². The standard InChI is InChI=1S/C23H23FN8O3/c1-5-32-10-13-18(31-32)19(27-11(2)21-25-7-6-8-26-21)15(23(33)29-13)22-28-12-9-14(34-3)20(35-4)16(24)17(12)30-22/h6-11,27H,5H2,1-4H3,(H,28,30)(H,29,33). The number of ether oxygens (including phenoxy) is 2. The van der Waals surface area contributed by atoms with Crippen LogP contribution in [-0.2, 0) is 6.54 Å². The molecule has 0 aliphatic heterocycles. The Kier molecular flexibility index (Phi) is 5.55. The number of benzene rings is 1. The molecule has 35 heavy (non-hydrogen) atoms. The summed E-state index contributed by atoms with van der Waals surface area (Å²) in [7, 11) is 2.76. The highest BCUT2D eigenvalue weighted by molar-refractivity contribution is 5.97. The molecule has 12 heteroatoms. The SMILES string of the molecule is CCn1cc2[nH]c(=O)c(-c3nc4c(F)c(OC)c(OC)cc4[nH]3)c(NC(C)c3ncccn3)c2n1. The number of aryl methyl sites for hydroxylation is 1. The molecule has 1 atom stereocenters. The number of hydrogen-bond donors (Lipinski definition) is 3. The highest BCUT2D eigenvalue weighted by Crippen LogP contribution is 2.38. The zero-order valence-corrected chi connectivity index (χ0v) is 19.5. The molecule has 180 valence electrons. The number of fused-ring (bicyclic) bond motifs is 2. The Bertz CT molecular complexity index is 1590. The molecule has 0 bridgehead atoms. The van der Waals surface area contributed by atoms with E-state index in [2.05, 4.69) is 35.3 Å². The molecule has 0 saturated carbocycles. The van der Waals surface area contributed by atoms with Crippen molar-refractivity contribution >= 4 is 27.8 Å². The molecule has 11 nitrogen and oxygen atoms in total. The Labute approximate surface area is 198 Å². The van der Waals surface area contributed by atoms with Crippen molar-refractivity contribution < 1.29 is 13.9 Å². The number of aromatic amines is 2. The predicted molar refractivity (Wildman–Crippen MR) is 128 cm³/mol. The monoisotopic (exact) mass is 478 g/mol. The molecule has 1 aromatic carbocycles. The molecular weight excluding hydrogens is 455 g/mol. The van der Waals surface area contributed by atoms with E-state index in [0.29, 0.717) is 34.6 Å². The lowest BCUT2D eigenvalue weighted by Crippen LogP contribution is -2.17. The zero-order valence-electron chi connectivity index (χ0n) is 19.5. The van der Waals surface area contributed by atoms with Gasteiger partial charge in [0.15, 0.2) is 17.3 Å². The van der Waals surface area contributed by atoms with Crippen LogP contribution in [0.15, 0.2) is 35.5 Å². The van der Waals surface area contributed by atoms with Gasteiger partial charge in [0.2, 0.25) is 0 Å². The van der Waals surface area contributed by atoms with Gasteiger partial charge in [-0.25, -0.2) is 19.3 Å². The van der Waals surface area contributed by atoms with Gasteiger partial charge in [-0.15, -0.1) is 0 Å². The van der Waals surface area contributed by atoms with Gasteiger partial charge < -0.3 is 24.8 Å². The summed E-state index contributed by atoms with van der Waals surface area (Å²) in [6, 6.07) is 2.93.